The molecule has 102 valence electrons. The van der Waals surface area contributed by atoms with E-state index in [9.17, 15) is 9.50 Å². The molecule has 3 nitrogen and oxygen atoms in total. The smallest absolute Gasteiger partial charge is 0.123 e. The van der Waals surface area contributed by atoms with Crippen molar-refractivity contribution in [2.75, 3.05) is 31.2 Å². The van der Waals surface area contributed by atoms with Crippen LogP contribution in [0.15, 0.2) is 24.3 Å². The van der Waals surface area contributed by atoms with E-state index in [-0.39, 0.29) is 12.4 Å². The molecule has 1 aromatic carbocycles. The Morgan fingerprint density at radius 3 is 2.89 bits per heavy atom. The van der Waals surface area contributed by atoms with Crippen molar-refractivity contribution in [3.05, 3.63) is 35.6 Å². The van der Waals surface area contributed by atoms with E-state index in [1.165, 1.54) is 12.1 Å². The lowest BCUT2D eigenvalue weighted by molar-refractivity contribution is 0.175. The fraction of sp³-hybridized carbons (Fsp3) is 0.538. The number of halogens is 1. The third-order valence-electron chi connectivity index (χ3n) is 2.44. The average Bonchev–Trinajstić information content (AvgIpc) is 2.37. The molecule has 1 rings (SSSR count). The number of nitrogens with one attached hydrogen (secondary N) is 1. The van der Waals surface area contributed by atoms with Crippen molar-refractivity contribution in [1.29, 1.82) is 0 Å². The van der Waals surface area contributed by atoms with Crippen LogP contribution in [0, 0.1) is 5.82 Å². The molecular formula is C13H20FNO2S. The van der Waals surface area contributed by atoms with Gasteiger partial charge in [0.25, 0.3) is 0 Å². The molecule has 0 radical (unpaired) electrons. The van der Waals surface area contributed by atoms with Crippen molar-refractivity contribution in [3.8, 4) is 0 Å². The Bertz CT molecular complexity index is 339. The highest BCUT2D eigenvalue weighted by Crippen LogP contribution is 2.12. The molecule has 0 aromatic heterocycles. The number of aliphatic hydroxyl groups is 2. The number of hydrogen-bond donors (Lipinski definition) is 3. The fourth-order valence-electron chi connectivity index (χ4n) is 1.48. The minimum atomic E-state index is -0.678. The summed E-state index contributed by atoms with van der Waals surface area (Å²) in [6.45, 7) is 1.45. The van der Waals surface area contributed by atoms with Crippen LogP contribution in [0.5, 0.6) is 0 Å². The molecule has 3 N–H and O–H groups in total. The van der Waals surface area contributed by atoms with E-state index in [0.29, 0.717) is 12.1 Å². The Morgan fingerprint density at radius 1 is 1.33 bits per heavy atom. The maximum Gasteiger partial charge on any atom is 0.123 e. The van der Waals surface area contributed by atoms with Crippen LogP contribution >= 0.6 is 11.8 Å². The van der Waals surface area contributed by atoms with Gasteiger partial charge in [-0.2, -0.15) is 11.8 Å². The zero-order valence-corrected chi connectivity index (χ0v) is 11.1. The van der Waals surface area contributed by atoms with Crippen LogP contribution < -0.4 is 5.32 Å². The molecule has 18 heavy (non-hydrogen) atoms. The zero-order chi connectivity index (χ0) is 13.2. The van der Waals surface area contributed by atoms with Gasteiger partial charge in [-0.25, -0.2) is 4.39 Å². The van der Waals surface area contributed by atoms with Gasteiger partial charge in [0.05, 0.1) is 6.10 Å². The van der Waals surface area contributed by atoms with Gasteiger partial charge in [-0.1, -0.05) is 12.1 Å². The summed E-state index contributed by atoms with van der Waals surface area (Å²) < 4.78 is 12.9. The molecule has 0 fully saturated rings. The third-order valence-corrected chi connectivity index (χ3v) is 3.51. The molecule has 0 aliphatic rings. The summed E-state index contributed by atoms with van der Waals surface area (Å²) in [5, 5.41) is 21.5. The first-order chi connectivity index (χ1) is 8.74. The minimum Gasteiger partial charge on any atom is -0.396 e. The normalized spacial score (nSPS) is 12.6. The number of benzene rings is 1. The molecule has 0 bridgehead atoms. The molecule has 0 aliphatic carbocycles. The summed E-state index contributed by atoms with van der Waals surface area (Å²) in [6.07, 6.45) is 0.138. The van der Waals surface area contributed by atoms with Gasteiger partial charge in [0.15, 0.2) is 0 Å². The Balaban J connectivity index is 2.12. The van der Waals surface area contributed by atoms with Gasteiger partial charge in [0, 0.05) is 25.4 Å². The molecule has 0 amide bonds. The first-order valence-corrected chi connectivity index (χ1v) is 7.22. The van der Waals surface area contributed by atoms with Crippen molar-refractivity contribution in [3.63, 3.8) is 0 Å². The van der Waals surface area contributed by atoms with Crippen LogP contribution in [-0.2, 0) is 0 Å². The van der Waals surface area contributed by atoms with Crippen LogP contribution in [0.3, 0.4) is 0 Å². The molecule has 1 atom stereocenters. The summed E-state index contributed by atoms with van der Waals surface area (Å²) in [4.78, 5) is 0. The second-order valence-corrected chi connectivity index (χ2v) is 5.19. The maximum absolute atomic E-state index is 12.9. The van der Waals surface area contributed by atoms with Gasteiger partial charge in [-0.3, -0.25) is 0 Å². The van der Waals surface area contributed by atoms with E-state index in [0.717, 1.165) is 24.5 Å². The highest BCUT2D eigenvalue weighted by Gasteiger charge is 2.07. The Hall–Kier alpha value is -0.620. The highest BCUT2D eigenvalue weighted by atomic mass is 32.2. The fourth-order valence-corrected chi connectivity index (χ4v) is 2.31. The molecular weight excluding hydrogens is 253 g/mol. The summed E-state index contributed by atoms with van der Waals surface area (Å²) in [7, 11) is 0. The lowest BCUT2D eigenvalue weighted by Crippen LogP contribution is -2.24. The van der Waals surface area contributed by atoms with E-state index >= 15 is 0 Å². The average molecular weight is 273 g/mol. The van der Waals surface area contributed by atoms with Gasteiger partial charge >= 0.3 is 0 Å². The predicted octanol–water partition coefficient (Wildman–Crippen LogP) is 1.56. The summed E-state index contributed by atoms with van der Waals surface area (Å²) in [6, 6.07) is 6.02. The van der Waals surface area contributed by atoms with Crippen molar-refractivity contribution < 1.29 is 14.6 Å². The predicted molar refractivity (Wildman–Crippen MR) is 73.3 cm³/mol. The SMILES string of the molecule is OCCCSCCNCC(O)c1cccc(F)c1. The molecule has 1 aromatic rings. The van der Waals surface area contributed by atoms with Crippen molar-refractivity contribution in [2.45, 2.75) is 12.5 Å². The zero-order valence-electron chi connectivity index (χ0n) is 10.3. The Labute approximate surface area is 111 Å². The Kier molecular flexibility index (Phi) is 8.00. The van der Waals surface area contributed by atoms with Crippen LogP contribution in [0.1, 0.15) is 18.1 Å². The van der Waals surface area contributed by atoms with Gasteiger partial charge in [-0.15, -0.1) is 0 Å². The highest BCUT2D eigenvalue weighted by molar-refractivity contribution is 7.99. The molecule has 1 unspecified atom stereocenters. The van der Waals surface area contributed by atoms with Gasteiger partial charge in [0.2, 0.25) is 0 Å². The second-order valence-electron chi connectivity index (χ2n) is 3.96. The molecule has 0 saturated heterocycles. The van der Waals surface area contributed by atoms with Crippen LogP contribution in [0.2, 0.25) is 0 Å². The number of aliphatic hydroxyl groups excluding tert-OH is 2. The lowest BCUT2D eigenvalue weighted by Gasteiger charge is -2.12. The summed E-state index contributed by atoms with van der Waals surface area (Å²) >= 11 is 1.76. The monoisotopic (exact) mass is 273 g/mol. The van der Waals surface area contributed by atoms with E-state index in [1.54, 1.807) is 23.9 Å². The quantitative estimate of drug-likeness (QED) is 0.598. The van der Waals surface area contributed by atoms with E-state index in [1.807, 2.05) is 0 Å². The van der Waals surface area contributed by atoms with Gasteiger partial charge in [-0.05, 0) is 29.9 Å². The van der Waals surface area contributed by atoms with Gasteiger partial charge in [0.1, 0.15) is 5.82 Å². The Morgan fingerprint density at radius 2 is 2.17 bits per heavy atom. The summed E-state index contributed by atoms with van der Waals surface area (Å²) in [5.74, 6) is 1.56. The van der Waals surface area contributed by atoms with Crippen molar-refractivity contribution in [1.82, 2.24) is 5.32 Å². The van der Waals surface area contributed by atoms with Crippen LogP contribution in [0.4, 0.5) is 4.39 Å². The van der Waals surface area contributed by atoms with E-state index < -0.39 is 6.10 Å². The first kappa shape index (κ1) is 15.4. The standard InChI is InChI=1S/C13H20FNO2S/c14-12-4-1-3-11(9-12)13(17)10-15-5-8-18-7-2-6-16/h1,3-4,9,13,15-17H,2,5-8,10H2. The van der Waals surface area contributed by atoms with E-state index in [4.69, 9.17) is 5.11 Å². The van der Waals surface area contributed by atoms with Crippen LogP contribution in [0.25, 0.3) is 0 Å². The molecule has 0 saturated carbocycles. The molecule has 0 aliphatic heterocycles. The number of thioether (sulfide) groups is 1. The summed E-state index contributed by atoms with van der Waals surface area (Å²) in [5.41, 5.74) is 0.593. The number of rotatable bonds is 9. The largest absolute Gasteiger partial charge is 0.396 e. The van der Waals surface area contributed by atoms with Crippen molar-refractivity contribution in [2.24, 2.45) is 0 Å². The number of hydrogen-bond acceptors (Lipinski definition) is 4. The van der Waals surface area contributed by atoms with Gasteiger partial charge < -0.3 is 15.5 Å². The molecule has 0 spiro atoms. The maximum atomic E-state index is 12.9. The molecule has 0 heterocycles. The molecule has 5 heteroatoms. The van der Waals surface area contributed by atoms with Crippen molar-refractivity contribution >= 4 is 11.8 Å². The minimum absolute atomic E-state index is 0.235. The van der Waals surface area contributed by atoms with Crippen LogP contribution in [-0.4, -0.2) is 41.4 Å². The lowest BCUT2D eigenvalue weighted by atomic mass is 10.1. The van der Waals surface area contributed by atoms with E-state index in [2.05, 4.69) is 5.32 Å². The topological polar surface area (TPSA) is 52.5 Å². The first-order valence-electron chi connectivity index (χ1n) is 6.07. The third kappa shape index (κ3) is 6.35. The second kappa shape index (κ2) is 9.33.